The van der Waals surface area contributed by atoms with Gasteiger partial charge in [-0.05, 0) is 37.5 Å². The predicted octanol–water partition coefficient (Wildman–Crippen LogP) is 2.35. The van der Waals surface area contributed by atoms with Gasteiger partial charge in [0, 0.05) is 13.2 Å². The third-order valence-corrected chi connectivity index (χ3v) is 3.83. The van der Waals surface area contributed by atoms with Gasteiger partial charge in [-0.1, -0.05) is 19.3 Å². The number of aliphatic hydroxyl groups is 1. The highest BCUT2D eigenvalue weighted by atomic mass is 16.5. The third-order valence-electron chi connectivity index (χ3n) is 3.83. The molecule has 2 rings (SSSR count). The molecule has 2 heteroatoms. The smallest absolute Gasteiger partial charge is 0.0571 e. The van der Waals surface area contributed by atoms with Crippen LogP contribution in [0.2, 0.25) is 0 Å². The van der Waals surface area contributed by atoms with Crippen molar-refractivity contribution in [3.05, 3.63) is 0 Å². The van der Waals surface area contributed by atoms with E-state index in [4.69, 9.17) is 4.74 Å². The van der Waals surface area contributed by atoms with Gasteiger partial charge in [0.15, 0.2) is 0 Å². The van der Waals surface area contributed by atoms with Crippen molar-refractivity contribution < 1.29 is 9.84 Å². The molecule has 0 radical (unpaired) electrons. The van der Waals surface area contributed by atoms with Crippen LogP contribution in [-0.2, 0) is 4.74 Å². The minimum Gasteiger partial charge on any atom is -0.393 e. The van der Waals surface area contributed by atoms with E-state index in [1.54, 1.807) is 0 Å². The molecule has 1 N–H and O–H groups in total. The van der Waals surface area contributed by atoms with Crippen LogP contribution in [-0.4, -0.2) is 24.4 Å². The summed E-state index contributed by atoms with van der Waals surface area (Å²) in [4.78, 5) is 0. The lowest BCUT2D eigenvalue weighted by molar-refractivity contribution is -0.0136. The number of aliphatic hydroxyl groups excluding tert-OH is 1. The topological polar surface area (TPSA) is 29.5 Å². The molecular formula is C12H22O2. The Morgan fingerprint density at radius 1 is 0.929 bits per heavy atom. The van der Waals surface area contributed by atoms with E-state index in [2.05, 4.69) is 0 Å². The Morgan fingerprint density at radius 2 is 1.79 bits per heavy atom. The fraction of sp³-hybridized carbons (Fsp3) is 1.00. The Balaban J connectivity index is 1.91. The van der Waals surface area contributed by atoms with Crippen molar-refractivity contribution in [2.24, 2.45) is 11.8 Å². The molecule has 1 heterocycles. The zero-order valence-electron chi connectivity index (χ0n) is 8.95. The van der Waals surface area contributed by atoms with Crippen LogP contribution in [0.1, 0.15) is 44.9 Å². The molecule has 1 aliphatic heterocycles. The summed E-state index contributed by atoms with van der Waals surface area (Å²) in [6.07, 6.45) is 8.46. The SMILES string of the molecule is OC1CCCCCC1C1CCCOC1. The largest absolute Gasteiger partial charge is 0.393 e. The summed E-state index contributed by atoms with van der Waals surface area (Å²) in [5.74, 6) is 1.16. The molecule has 0 aromatic rings. The van der Waals surface area contributed by atoms with Crippen molar-refractivity contribution in [1.29, 1.82) is 0 Å². The minimum absolute atomic E-state index is 0.0517. The van der Waals surface area contributed by atoms with Gasteiger partial charge in [-0.3, -0.25) is 0 Å². The highest BCUT2D eigenvalue weighted by Gasteiger charge is 2.30. The average molecular weight is 198 g/mol. The zero-order valence-corrected chi connectivity index (χ0v) is 8.95. The molecule has 1 aliphatic carbocycles. The second-order valence-electron chi connectivity index (χ2n) is 4.85. The number of rotatable bonds is 1. The lowest BCUT2D eigenvalue weighted by Gasteiger charge is -2.32. The molecule has 82 valence electrons. The van der Waals surface area contributed by atoms with Crippen molar-refractivity contribution in [2.75, 3.05) is 13.2 Å². The predicted molar refractivity (Wildman–Crippen MR) is 56.1 cm³/mol. The Morgan fingerprint density at radius 3 is 2.57 bits per heavy atom. The summed E-state index contributed by atoms with van der Waals surface area (Å²) in [5.41, 5.74) is 0. The van der Waals surface area contributed by atoms with Crippen LogP contribution in [0.15, 0.2) is 0 Å². The van der Waals surface area contributed by atoms with Gasteiger partial charge in [0.2, 0.25) is 0 Å². The van der Waals surface area contributed by atoms with Crippen LogP contribution >= 0.6 is 0 Å². The van der Waals surface area contributed by atoms with E-state index in [1.807, 2.05) is 0 Å². The third kappa shape index (κ3) is 2.48. The summed E-state index contributed by atoms with van der Waals surface area (Å²) in [7, 11) is 0. The number of hydrogen-bond donors (Lipinski definition) is 1. The van der Waals surface area contributed by atoms with E-state index in [-0.39, 0.29) is 6.10 Å². The van der Waals surface area contributed by atoms with E-state index < -0.39 is 0 Å². The zero-order chi connectivity index (χ0) is 9.80. The molecule has 3 unspecified atom stereocenters. The van der Waals surface area contributed by atoms with Crippen LogP contribution in [0.5, 0.6) is 0 Å². The first kappa shape index (κ1) is 10.4. The van der Waals surface area contributed by atoms with Gasteiger partial charge in [-0.2, -0.15) is 0 Å². The van der Waals surface area contributed by atoms with E-state index in [9.17, 15) is 5.11 Å². The first-order valence-corrected chi connectivity index (χ1v) is 6.14. The van der Waals surface area contributed by atoms with Gasteiger partial charge < -0.3 is 9.84 Å². The van der Waals surface area contributed by atoms with Gasteiger partial charge in [0.05, 0.1) is 6.10 Å². The van der Waals surface area contributed by atoms with Gasteiger partial charge in [-0.25, -0.2) is 0 Å². The molecule has 0 bridgehead atoms. The Labute approximate surface area is 86.6 Å². The summed E-state index contributed by atoms with van der Waals surface area (Å²) in [6.45, 7) is 1.82. The normalized spacial score (nSPS) is 40.5. The van der Waals surface area contributed by atoms with Crippen LogP contribution < -0.4 is 0 Å². The maximum atomic E-state index is 10.0. The van der Waals surface area contributed by atoms with Gasteiger partial charge in [0.25, 0.3) is 0 Å². The van der Waals surface area contributed by atoms with Gasteiger partial charge in [-0.15, -0.1) is 0 Å². The maximum Gasteiger partial charge on any atom is 0.0571 e. The number of ether oxygens (including phenoxy) is 1. The standard InChI is InChI=1S/C12H22O2/c13-12-7-3-1-2-6-11(12)10-5-4-8-14-9-10/h10-13H,1-9H2. The van der Waals surface area contributed by atoms with E-state index >= 15 is 0 Å². The molecule has 0 spiro atoms. The van der Waals surface area contributed by atoms with Crippen molar-refractivity contribution in [1.82, 2.24) is 0 Å². The summed E-state index contributed by atoms with van der Waals surface area (Å²) < 4.78 is 5.51. The molecule has 2 aliphatic rings. The van der Waals surface area contributed by atoms with Crippen molar-refractivity contribution in [3.8, 4) is 0 Å². The van der Waals surface area contributed by atoms with E-state index in [0.717, 1.165) is 19.6 Å². The van der Waals surface area contributed by atoms with Crippen molar-refractivity contribution in [2.45, 2.75) is 51.0 Å². The first-order chi connectivity index (χ1) is 6.88. The van der Waals surface area contributed by atoms with Crippen LogP contribution in [0.3, 0.4) is 0 Å². The molecule has 0 aromatic heterocycles. The molecule has 2 fully saturated rings. The Kier molecular flexibility index (Phi) is 3.82. The van der Waals surface area contributed by atoms with Gasteiger partial charge >= 0.3 is 0 Å². The molecule has 1 saturated heterocycles. The molecule has 14 heavy (non-hydrogen) atoms. The summed E-state index contributed by atoms with van der Waals surface area (Å²) in [5, 5.41) is 10.0. The molecule has 2 nitrogen and oxygen atoms in total. The lowest BCUT2D eigenvalue weighted by atomic mass is 9.81. The van der Waals surface area contributed by atoms with Crippen LogP contribution in [0.25, 0.3) is 0 Å². The molecule has 3 atom stereocenters. The lowest BCUT2D eigenvalue weighted by Crippen LogP contribution is -2.32. The second kappa shape index (κ2) is 5.13. The first-order valence-electron chi connectivity index (χ1n) is 6.14. The maximum absolute atomic E-state index is 10.0. The number of hydrogen-bond acceptors (Lipinski definition) is 2. The van der Waals surface area contributed by atoms with E-state index in [1.165, 1.54) is 38.5 Å². The highest BCUT2D eigenvalue weighted by molar-refractivity contribution is 4.80. The minimum atomic E-state index is -0.0517. The second-order valence-corrected chi connectivity index (χ2v) is 4.85. The molecule has 0 amide bonds. The van der Waals surface area contributed by atoms with Crippen LogP contribution in [0.4, 0.5) is 0 Å². The average Bonchev–Trinajstić information content (AvgIpc) is 2.44. The van der Waals surface area contributed by atoms with Crippen molar-refractivity contribution >= 4 is 0 Å². The quantitative estimate of drug-likeness (QED) is 0.655. The van der Waals surface area contributed by atoms with Crippen LogP contribution in [0, 0.1) is 11.8 Å². The molecule has 0 aromatic carbocycles. The molecular weight excluding hydrogens is 176 g/mol. The monoisotopic (exact) mass is 198 g/mol. The van der Waals surface area contributed by atoms with Crippen molar-refractivity contribution in [3.63, 3.8) is 0 Å². The summed E-state index contributed by atoms with van der Waals surface area (Å²) in [6, 6.07) is 0. The van der Waals surface area contributed by atoms with Gasteiger partial charge in [0.1, 0.15) is 0 Å². The van der Waals surface area contributed by atoms with E-state index in [0.29, 0.717) is 11.8 Å². The Bertz CT molecular complexity index is 164. The summed E-state index contributed by atoms with van der Waals surface area (Å²) >= 11 is 0. The fourth-order valence-electron chi connectivity index (χ4n) is 2.97. The highest BCUT2D eigenvalue weighted by Crippen LogP contribution is 2.33. The Hall–Kier alpha value is -0.0800. The fourth-order valence-corrected chi connectivity index (χ4v) is 2.97. The molecule has 1 saturated carbocycles.